The average Bonchev–Trinajstić information content (AvgIpc) is 2.66. The van der Waals surface area contributed by atoms with Crippen molar-refractivity contribution in [1.29, 1.82) is 0 Å². The number of ether oxygens (including phenoxy) is 1. The van der Waals surface area contributed by atoms with Gasteiger partial charge in [0.15, 0.2) is 5.96 Å². The zero-order valence-corrected chi connectivity index (χ0v) is 19.1. The highest BCUT2D eigenvalue weighted by Gasteiger charge is 2.06. The van der Waals surface area contributed by atoms with Gasteiger partial charge in [0.25, 0.3) is 0 Å². The van der Waals surface area contributed by atoms with Crippen LogP contribution in [0, 0.1) is 5.82 Å². The Hall–Kier alpha value is -1.48. The molecule has 2 aromatic carbocycles. The Kier molecular flexibility index (Phi) is 11.2. The Labute approximate surface area is 182 Å². The zero-order valence-electron chi connectivity index (χ0n) is 15.9. The molecule has 0 spiro atoms. The fourth-order valence-corrected chi connectivity index (χ4v) is 3.26. The third kappa shape index (κ3) is 7.57. The summed E-state index contributed by atoms with van der Waals surface area (Å²) < 4.78 is 18.8. The van der Waals surface area contributed by atoms with Gasteiger partial charge in [-0.3, -0.25) is 4.99 Å². The number of halogens is 2. The molecule has 0 fully saturated rings. The summed E-state index contributed by atoms with van der Waals surface area (Å²) in [6.07, 6.45) is 2.85. The second kappa shape index (κ2) is 12.8. The molecule has 0 unspecified atom stereocenters. The molecule has 0 saturated heterocycles. The van der Waals surface area contributed by atoms with Crippen LogP contribution in [0.25, 0.3) is 0 Å². The van der Waals surface area contributed by atoms with Gasteiger partial charge in [-0.1, -0.05) is 24.3 Å². The minimum absolute atomic E-state index is 0. The highest BCUT2D eigenvalue weighted by atomic mass is 127. The molecule has 0 bridgehead atoms. The second-order valence-corrected chi connectivity index (χ2v) is 6.63. The van der Waals surface area contributed by atoms with E-state index in [1.165, 1.54) is 6.07 Å². The van der Waals surface area contributed by atoms with Crippen molar-refractivity contribution in [2.75, 3.05) is 27.0 Å². The molecule has 0 aliphatic heterocycles. The second-order valence-electron chi connectivity index (χ2n) is 5.76. The summed E-state index contributed by atoms with van der Waals surface area (Å²) in [4.78, 5) is 4.25. The highest BCUT2D eigenvalue weighted by molar-refractivity contribution is 14.0. The molecule has 2 aromatic rings. The fourth-order valence-electron chi connectivity index (χ4n) is 2.68. The molecule has 7 heteroatoms. The van der Waals surface area contributed by atoms with E-state index in [2.05, 4.69) is 21.7 Å². The summed E-state index contributed by atoms with van der Waals surface area (Å²) in [5, 5.41) is 6.60. The number of rotatable bonds is 8. The van der Waals surface area contributed by atoms with Crippen molar-refractivity contribution in [2.24, 2.45) is 4.99 Å². The van der Waals surface area contributed by atoms with Crippen molar-refractivity contribution in [2.45, 2.75) is 18.7 Å². The molecule has 0 aromatic heterocycles. The van der Waals surface area contributed by atoms with Crippen LogP contribution in [-0.2, 0) is 18.7 Å². The van der Waals surface area contributed by atoms with Crippen LogP contribution in [0.2, 0.25) is 0 Å². The summed E-state index contributed by atoms with van der Waals surface area (Å²) in [5.41, 5.74) is 3.24. The number of para-hydroxylation sites is 1. The predicted octanol–water partition coefficient (Wildman–Crippen LogP) is 4.22. The number of aliphatic imine (C=N–C) groups is 1. The van der Waals surface area contributed by atoms with E-state index in [0.717, 1.165) is 47.1 Å². The number of methoxy groups -OCH3 is 1. The van der Waals surface area contributed by atoms with Gasteiger partial charge in [0.1, 0.15) is 11.6 Å². The first-order chi connectivity index (χ1) is 12.7. The van der Waals surface area contributed by atoms with Crippen molar-refractivity contribution in [3.63, 3.8) is 0 Å². The molecule has 0 radical (unpaired) electrons. The monoisotopic (exact) mass is 503 g/mol. The largest absolute Gasteiger partial charge is 0.496 e. The Morgan fingerprint density at radius 2 is 1.89 bits per heavy atom. The third-order valence-electron chi connectivity index (χ3n) is 4.02. The molecule has 2 N–H and O–H groups in total. The van der Waals surface area contributed by atoms with E-state index in [1.807, 2.05) is 30.5 Å². The summed E-state index contributed by atoms with van der Waals surface area (Å²) >= 11 is 1.68. The van der Waals surface area contributed by atoms with E-state index >= 15 is 0 Å². The molecule has 0 aliphatic rings. The van der Waals surface area contributed by atoms with Gasteiger partial charge in [-0.05, 0) is 47.6 Å². The number of thioether (sulfide) groups is 1. The van der Waals surface area contributed by atoms with Crippen LogP contribution in [0.5, 0.6) is 5.75 Å². The van der Waals surface area contributed by atoms with E-state index in [-0.39, 0.29) is 29.8 Å². The Balaban J connectivity index is 0.00000364. The first kappa shape index (κ1) is 23.6. The first-order valence-electron chi connectivity index (χ1n) is 8.50. The molecule has 0 aliphatic carbocycles. The van der Waals surface area contributed by atoms with Gasteiger partial charge < -0.3 is 15.4 Å². The topological polar surface area (TPSA) is 45.7 Å². The lowest BCUT2D eigenvalue weighted by atomic mass is 10.1. The molecule has 27 heavy (non-hydrogen) atoms. The minimum atomic E-state index is -0.197. The predicted molar refractivity (Wildman–Crippen MR) is 124 cm³/mol. The van der Waals surface area contributed by atoms with Crippen molar-refractivity contribution >= 4 is 41.7 Å². The maximum absolute atomic E-state index is 13.4. The van der Waals surface area contributed by atoms with Crippen molar-refractivity contribution in [3.05, 3.63) is 65.0 Å². The standard InChI is InChI=1S/C20H26FN3OS.HI/c1-22-20(23-11-10-15-6-4-5-7-19(15)25-2)24-13-16-8-9-18(21)12-17(16)14-26-3;/h4-9,12H,10-11,13-14H2,1-3H3,(H2,22,23,24);1H. The van der Waals surface area contributed by atoms with Crippen LogP contribution >= 0.6 is 35.7 Å². The molecule has 148 valence electrons. The van der Waals surface area contributed by atoms with Crippen LogP contribution in [0.4, 0.5) is 4.39 Å². The van der Waals surface area contributed by atoms with E-state index in [9.17, 15) is 4.39 Å². The van der Waals surface area contributed by atoms with Gasteiger partial charge in [0.05, 0.1) is 7.11 Å². The van der Waals surface area contributed by atoms with Crippen LogP contribution in [-0.4, -0.2) is 32.9 Å². The first-order valence-corrected chi connectivity index (χ1v) is 9.90. The van der Waals surface area contributed by atoms with Gasteiger partial charge in [0, 0.05) is 25.9 Å². The molecule has 4 nitrogen and oxygen atoms in total. The number of nitrogens with zero attached hydrogens (tertiary/aromatic N) is 1. The Morgan fingerprint density at radius 3 is 2.59 bits per heavy atom. The molecule has 0 saturated carbocycles. The summed E-state index contributed by atoms with van der Waals surface area (Å²) in [7, 11) is 3.42. The number of hydrogen-bond acceptors (Lipinski definition) is 3. The van der Waals surface area contributed by atoms with E-state index in [0.29, 0.717) is 6.54 Å². The van der Waals surface area contributed by atoms with Gasteiger partial charge in [-0.2, -0.15) is 11.8 Å². The molecule has 0 atom stereocenters. The highest BCUT2D eigenvalue weighted by Crippen LogP contribution is 2.18. The average molecular weight is 503 g/mol. The Morgan fingerprint density at radius 1 is 1.11 bits per heavy atom. The summed E-state index contributed by atoms with van der Waals surface area (Å²) in [5.74, 6) is 2.20. The van der Waals surface area contributed by atoms with E-state index in [1.54, 1.807) is 32.0 Å². The lowest BCUT2D eigenvalue weighted by Crippen LogP contribution is -2.38. The quantitative estimate of drug-likeness (QED) is 0.322. The maximum Gasteiger partial charge on any atom is 0.191 e. The molecule has 0 heterocycles. The van der Waals surface area contributed by atoms with Gasteiger partial charge in [0.2, 0.25) is 0 Å². The van der Waals surface area contributed by atoms with Crippen LogP contribution in [0.1, 0.15) is 16.7 Å². The molecular formula is C20H27FIN3OS. The van der Waals surface area contributed by atoms with Crippen LogP contribution in [0.3, 0.4) is 0 Å². The summed E-state index contributed by atoms with van der Waals surface area (Å²) in [6.45, 7) is 1.34. The van der Waals surface area contributed by atoms with Crippen molar-refractivity contribution in [3.8, 4) is 5.75 Å². The van der Waals surface area contributed by atoms with E-state index < -0.39 is 0 Å². The smallest absolute Gasteiger partial charge is 0.191 e. The SMILES string of the molecule is CN=C(NCCc1ccccc1OC)NCc1ccc(F)cc1CSC.I. The van der Waals surface area contributed by atoms with Crippen molar-refractivity contribution < 1.29 is 9.13 Å². The van der Waals surface area contributed by atoms with Crippen LogP contribution < -0.4 is 15.4 Å². The maximum atomic E-state index is 13.4. The molecular weight excluding hydrogens is 476 g/mol. The van der Waals surface area contributed by atoms with Crippen molar-refractivity contribution in [1.82, 2.24) is 10.6 Å². The number of hydrogen-bond donors (Lipinski definition) is 2. The number of guanidine groups is 1. The third-order valence-corrected chi connectivity index (χ3v) is 4.62. The van der Waals surface area contributed by atoms with Crippen LogP contribution in [0.15, 0.2) is 47.5 Å². The Bertz CT molecular complexity index is 743. The lowest BCUT2D eigenvalue weighted by molar-refractivity contribution is 0.409. The van der Waals surface area contributed by atoms with E-state index in [4.69, 9.17) is 4.74 Å². The fraction of sp³-hybridized carbons (Fsp3) is 0.350. The van der Waals surface area contributed by atoms with Gasteiger partial charge >= 0.3 is 0 Å². The number of nitrogens with one attached hydrogen (secondary N) is 2. The lowest BCUT2D eigenvalue weighted by Gasteiger charge is -2.15. The van der Waals surface area contributed by atoms with Gasteiger partial charge in [-0.25, -0.2) is 4.39 Å². The molecule has 0 amide bonds. The minimum Gasteiger partial charge on any atom is -0.496 e. The summed E-state index contributed by atoms with van der Waals surface area (Å²) in [6, 6.07) is 12.9. The molecule has 2 rings (SSSR count). The number of benzene rings is 2. The normalized spacial score (nSPS) is 10.9. The van der Waals surface area contributed by atoms with Gasteiger partial charge in [-0.15, -0.1) is 24.0 Å². The zero-order chi connectivity index (χ0) is 18.8.